The van der Waals surface area contributed by atoms with Crippen LogP contribution >= 0.6 is 11.3 Å². The summed E-state index contributed by atoms with van der Waals surface area (Å²) < 4.78 is 2.52. The monoisotopic (exact) mass is 301 g/mol. The van der Waals surface area contributed by atoms with Crippen LogP contribution in [0.4, 0.5) is 0 Å². The maximum atomic E-state index is 12.2. The standard InChI is InChI=1S/C19H11NOS/c21-19-14-7-2-1-6-12(14)17-15(20-19)10-9-13-11-5-3-4-8-16(11)22-18(13)17/h1-10H,(H,20,21). The lowest BCUT2D eigenvalue weighted by atomic mass is 10.0. The van der Waals surface area contributed by atoms with Crippen molar-refractivity contribution in [2.75, 3.05) is 0 Å². The third kappa shape index (κ3) is 1.46. The molecule has 5 aromatic rings. The summed E-state index contributed by atoms with van der Waals surface area (Å²) in [6, 6.07) is 20.4. The summed E-state index contributed by atoms with van der Waals surface area (Å²) in [6.45, 7) is 0. The van der Waals surface area contributed by atoms with Crippen molar-refractivity contribution in [1.29, 1.82) is 0 Å². The van der Waals surface area contributed by atoms with E-state index in [1.165, 1.54) is 20.2 Å². The van der Waals surface area contributed by atoms with Crippen LogP contribution in [-0.2, 0) is 0 Å². The Labute approximate surface area is 129 Å². The minimum Gasteiger partial charge on any atom is -0.321 e. The van der Waals surface area contributed by atoms with Gasteiger partial charge in [-0.3, -0.25) is 4.79 Å². The van der Waals surface area contributed by atoms with Gasteiger partial charge in [-0.1, -0.05) is 42.5 Å². The van der Waals surface area contributed by atoms with E-state index in [0.717, 1.165) is 21.7 Å². The molecule has 3 aromatic carbocycles. The molecule has 0 fully saturated rings. The van der Waals surface area contributed by atoms with Crippen molar-refractivity contribution in [3.8, 4) is 0 Å². The van der Waals surface area contributed by atoms with Gasteiger partial charge in [-0.25, -0.2) is 0 Å². The summed E-state index contributed by atoms with van der Waals surface area (Å²) in [6.07, 6.45) is 0. The molecule has 5 rings (SSSR count). The van der Waals surface area contributed by atoms with Gasteiger partial charge in [-0.2, -0.15) is 0 Å². The fourth-order valence-electron chi connectivity index (χ4n) is 3.25. The first-order chi connectivity index (χ1) is 10.8. The van der Waals surface area contributed by atoms with Crippen molar-refractivity contribution in [3.63, 3.8) is 0 Å². The number of pyridine rings is 1. The van der Waals surface area contributed by atoms with Crippen molar-refractivity contribution < 1.29 is 0 Å². The molecule has 2 nitrogen and oxygen atoms in total. The molecule has 0 aliphatic heterocycles. The summed E-state index contributed by atoms with van der Waals surface area (Å²) in [7, 11) is 0. The predicted octanol–water partition coefficient (Wildman–Crippen LogP) is 5.05. The third-order valence-electron chi connectivity index (χ3n) is 4.24. The van der Waals surface area contributed by atoms with E-state index in [0.29, 0.717) is 0 Å². The maximum absolute atomic E-state index is 12.2. The summed E-state index contributed by atoms with van der Waals surface area (Å²) in [4.78, 5) is 15.3. The Morgan fingerprint density at radius 1 is 0.727 bits per heavy atom. The van der Waals surface area contributed by atoms with Gasteiger partial charge >= 0.3 is 0 Å². The Morgan fingerprint density at radius 3 is 2.32 bits per heavy atom. The van der Waals surface area contributed by atoms with Gasteiger partial charge in [0.1, 0.15) is 0 Å². The fourth-order valence-corrected chi connectivity index (χ4v) is 4.51. The molecule has 0 radical (unpaired) electrons. The van der Waals surface area contributed by atoms with Gasteiger partial charge in [0.25, 0.3) is 5.56 Å². The molecule has 0 bridgehead atoms. The quantitative estimate of drug-likeness (QED) is 0.399. The van der Waals surface area contributed by atoms with Gasteiger partial charge < -0.3 is 4.98 Å². The largest absolute Gasteiger partial charge is 0.321 e. The van der Waals surface area contributed by atoms with E-state index in [4.69, 9.17) is 0 Å². The molecule has 0 amide bonds. The van der Waals surface area contributed by atoms with Gasteiger partial charge in [0.05, 0.1) is 5.52 Å². The smallest absolute Gasteiger partial charge is 0.256 e. The van der Waals surface area contributed by atoms with Crippen LogP contribution < -0.4 is 5.56 Å². The van der Waals surface area contributed by atoms with Crippen molar-refractivity contribution in [1.82, 2.24) is 4.98 Å². The molecule has 104 valence electrons. The Hall–Kier alpha value is -2.65. The Bertz CT molecular complexity index is 1250. The highest BCUT2D eigenvalue weighted by atomic mass is 32.1. The number of fused-ring (bicyclic) bond motifs is 7. The van der Waals surface area contributed by atoms with E-state index in [1.54, 1.807) is 11.3 Å². The van der Waals surface area contributed by atoms with Gasteiger partial charge in [0.2, 0.25) is 0 Å². The van der Waals surface area contributed by atoms with Crippen LogP contribution in [0.2, 0.25) is 0 Å². The normalized spacial score (nSPS) is 11.8. The van der Waals surface area contributed by atoms with Crippen LogP contribution in [0.25, 0.3) is 41.8 Å². The van der Waals surface area contributed by atoms with E-state index in [9.17, 15) is 4.79 Å². The zero-order valence-corrected chi connectivity index (χ0v) is 12.4. The third-order valence-corrected chi connectivity index (χ3v) is 5.44. The molecule has 2 aromatic heterocycles. The lowest BCUT2D eigenvalue weighted by Gasteiger charge is -2.04. The minimum atomic E-state index is -0.0245. The summed E-state index contributed by atoms with van der Waals surface area (Å²) in [5, 5.41) is 5.46. The topological polar surface area (TPSA) is 32.9 Å². The van der Waals surface area contributed by atoms with Gasteiger partial charge in [-0.05, 0) is 23.6 Å². The highest BCUT2D eigenvalue weighted by molar-refractivity contribution is 7.26. The van der Waals surface area contributed by atoms with Crippen LogP contribution in [0.15, 0.2) is 65.5 Å². The highest BCUT2D eigenvalue weighted by Crippen LogP contribution is 2.39. The molecule has 0 atom stereocenters. The zero-order chi connectivity index (χ0) is 14.7. The van der Waals surface area contributed by atoms with E-state index < -0.39 is 0 Å². The van der Waals surface area contributed by atoms with Crippen LogP contribution in [0.5, 0.6) is 0 Å². The number of rotatable bonds is 0. The molecule has 0 saturated carbocycles. The molecule has 0 spiro atoms. The lowest BCUT2D eigenvalue weighted by molar-refractivity contribution is 1.35. The second-order valence-corrected chi connectivity index (χ2v) is 6.51. The average molecular weight is 301 g/mol. The number of thiophene rings is 1. The van der Waals surface area contributed by atoms with Gasteiger partial charge in [0, 0.05) is 30.9 Å². The predicted molar refractivity (Wildman–Crippen MR) is 95.0 cm³/mol. The molecule has 0 aliphatic rings. The maximum Gasteiger partial charge on any atom is 0.256 e. The number of hydrogen-bond donors (Lipinski definition) is 1. The minimum absolute atomic E-state index is 0.0245. The first-order valence-corrected chi connectivity index (χ1v) is 7.99. The molecule has 0 aliphatic carbocycles. The molecule has 0 saturated heterocycles. The number of aromatic nitrogens is 1. The summed E-state index contributed by atoms with van der Waals surface area (Å²) in [5.41, 5.74) is 0.881. The number of benzene rings is 3. The summed E-state index contributed by atoms with van der Waals surface area (Å²) in [5.74, 6) is 0. The molecule has 1 N–H and O–H groups in total. The van der Waals surface area contributed by atoms with Crippen molar-refractivity contribution in [2.45, 2.75) is 0 Å². The zero-order valence-electron chi connectivity index (χ0n) is 11.6. The second-order valence-electron chi connectivity index (χ2n) is 5.46. The molecule has 2 heterocycles. The van der Waals surface area contributed by atoms with Crippen molar-refractivity contribution in [3.05, 3.63) is 71.0 Å². The Balaban J connectivity index is 2.17. The van der Waals surface area contributed by atoms with Crippen molar-refractivity contribution >= 4 is 53.2 Å². The highest BCUT2D eigenvalue weighted by Gasteiger charge is 2.12. The molecule has 0 unspecified atom stereocenters. The number of hydrogen-bond acceptors (Lipinski definition) is 2. The first-order valence-electron chi connectivity index (χ1n) is 7.18. The van der Waals surface area contributed by atoms with Gasteiger partial charge in [-0.15, -0.1) is 11.3 Å². The second kappa shape index (κ2) is 4.18. The lowest BCUT2D eigenvalue weighted by Crippen LogP contribution is -2.05. The molecule has 22 heavy (non-hydrogen) atoms. The summed E-state index contributed by atoms with van der Waals surface area (Å²) >= 11 is 1.79. The van der Waals surface area contributed by atoms with Crippen LogP contribution in [0.1, 0.15) is 0 Å². The van der Waals surface area contributed by atoms with Crippen molar-refractivity contribution in [2.24, 2.45) is 0 Å². The van der Waals surface area contributed by atoms with E-state index in [2.05, 4.69) is 35.3 Å². The fraction of sp³-hybridized carbons (Fsp3) is 0. The van der Waals surface area contributed by atoms with E-state index in [1.807, 2.05) is 30.3 Å². The van der Waals surface area contributed by atoms with Gasteiger partial charge in [0.15, 0.2) is 0 Å². The van der Waals surface area contributed by atoms with Crippen LogP contribution in [0.3, 0.4) is 0 Å². The van der Waals surface area contributed by atoms with Crippen LogP contribution in [0, 0.1) is 0 Å². The first kappa shape index (κ1) is 12.0. The SMILES string of the molecule is O=c1[nH]c2ccc3c4ccccc4sc3c2c2ccccc12. The average Bonchev–Trinajstić information content (AvgIpc) is 2.93. The number of H-pyrrole nitrogens is 1. The molecular weight excluding hydrogens is 290 g/mol. The Kier molecular flexibility index (Phi) is 2.27. The van der Waals surface area contributed by atoms with E-state index >= 15 is 0 Å². The van der Waals surface area contributed by atoms with E-state index in [-0.39, 0.29) is 5.56 Å². The number of nitrogens with one attached hydrogen (secondary N) is 1. The number of aromatic amines is 1. The molecular formula is C19H11NOS. The Morgan fingerprint density at radius 2 is 1.45 bits per heavy atom. The molecule has 3 heteroatoms. The van der Waals surface area contributed by atoms with Crippen LogP contribution in [-0.4, -0.2) is 4.98 Å².